The van der Waals surface area contributed by atoms with E-state index in [1.165, 1.54) is 11.1 Å². The second kappa shape index (κ2) is 4.39. The predicted octanol–water partition coefficient (Wildman–Crippen LogP) is 2.06. The van der Waals surface area contributed by atoms with E-state index in [0.717, 1.165) is 38.9 Å². The Balaban J connectivity index is 1.80. The molecule has 96 valence electrons. The molecule has 1 atom stereocenters. The van der Waals surface area contributed by atoms with Crippen molar-refractivity contribution >= 4 is 5.91 Å². The number of fused-ring (bicyclic) bond motifs is 1. The fourth-order valence-corrected chi connectivity index (χ4v) is 3.22. The van der Waals surface area contributed by atoms with Crippen LogP contribution in [0.15, 0.2) is 24.3 Å². The number of benzene rings is 1. The lowest BCUT2D eigenvalue weighted by Gasteiger charge is -2.31. The first-order chi connectivity index (χ1) is 8.75. The number of carbonyl (C=O) groups is 1. The highest BCUT2D eigenvalue weighted by Crippen LogP contribution is 2.30. The van der Waals surface area contributed by atoms with Crippen LogP contribution in [-0.4, -0.2) is 22.9 Å². The number of rotatable bonds is 2. The van der Waals surface area contributed by atoms with Crippen LogP contribution < -0.4 is 5.32 Å². The van der Waals surface area contributed by atoms with Gasteiger partial charge in [0.1, 0.15) is 0 Å². The lowest BCUT2D eigenvalue weighted by molar-refractivity contribution is -0.138. The Morgan fingerprint density at radius 3 is 2.50 bits per heavy atom. The molecular weight excluding hydrogens is 224 g/mol. The third-order valence-corrected chi connectivity index (χ3v) is 4.38. The van der Waals surface area contributed by atoms with Crippen molar-refractivity contribution in [3.8, 4) is 0 Å². The summed E-state index contributed by atoms with van der Waals surface area (Å²) in [5.41, 5.74) is 2.31. The van der Waals surface area contributed by atoms with Crippen molar-refractivity contribution in [2.45, 2.75) is 44.8 Å². The van der Waals surface area contributed by atoms with Gasteiger partial charge < -0.3 is 10.2 Å². The molecule has 1 aromatic carbocycles. The molecule has 1 saturated heterocycles. The summed E-state index contributed by atoms with van der Waals surface area (Å²) in [6.45, 7) is 4.64. The Bertz CT molecular complexity index is 438. The largest absolute Gasteiger partial charge is 0.332 e. The molecule has 3 rings (SSSR count). The lowest BCUT2D eigenvalue weighted by Crippen LogP contribution is -2.53. The maximum atomic E-state index is 12.7. The first-order valence-corrected chi connectivity index (χ1v) is 6.86. The highest BCUT2D eigenvalue weighted by Gasteiger charge is 2.42. The molecule has 1 unspecified atom stereocenters. The maximum Gasteiger partial charge on any atom is 0.243 e. The molecular formula is C15H20N2O. The highest BCUT2D eigenvalue weighted by atomic mass is 16.2. The minimum atomic E-state index is -0.290. The van der Waals surface area contributed by atoms with Gasteiger partial charge in [-0.25, -0.2) is 0 Å². The Kier molecular flexibility index (Phi) is 2.86. The molecule has 0 aliphatic carbocycles. The minimum absolute atomic E-state index is 0.290. The molecule has 1 amide bonds. The third kappa shape index (κ3) is 1.74. The fraction of sp³-hybridized carbons (Fsp3) is 0.533. The van der Waals surface area contributed by atoms with Crippen LogP contribution in [-0.2, 0) is 17.9 Å². The van der Waals surface area contributed by atoms with Crippen LogP contribution in [0.2, 0.25) is 0 Å². The summed E-state index contributed by atoms with van der Waals surface area (Å²) in [6.07, 6.45) is 2.98. The summed E-state index contributed by atoms with van der Waals surface area (Å²) in [5.74, 6) is 0.290. The number of nitrogens with one attached hydrogen (secondary N) is 1. The van der Waals surface area contributed by atoms with Gasteiger partial charge in [0, 0.05) is 13.1 Å². The van der Waals surface area contributed by atoms with E-state index in [2.05, 4.69) is 36.5 Å². The van der Waals surface area contributed by atoms with E-state index in [-0.39, 0.29) is 5.54 Å². The first-order valence-electron chi connectivity index (χ1n) is 6.86. The van der Waals surface area contributed by atoms with Gasteiger partial charge in [0.25, 0.3) is 0 Å². The summed E-state index contributed by atoms with van der Waals surface area (Å²) in [7, 11) is 0. The maximum absolute atomic E-state index is 12.7. The molecule has 0 spiro atoms. The molecule has 0 saturated carbocycles. The Morgan fingerprint density at radius 2 is 2.00 bits per heavy atom. The normalized spacial score (nSPS) is 26.4. The molecule has 0 aromatic heterocycles. The molecule has 3 heteroatoms. The van der Waals surface area contributed by atoms with Crippen LogP contribution in [0.5, 0.6) is 0 Å². The van der Waals surface area contributed by atoms with Gasteiger partial charge in [-0.3, -0.25) is 4.79 Å². The average Bonchev–Trinajstić information content (AvgIpc) is 3.05. The molecule has 2 aliphatic rings. The zero-order chi connectivity index (χ0) is 12.6. The van der Waals surface area contributed by atoms with Gasteiger partial charge in [0.05, 0.1) is 5.54 Å². The van der Waals surface area contributed by atoms with Crippen LogP contribution in [0.4, 0.5) is 0 Å². The minimum Gasteiger partial charge on any atom is -0.332 e. The van der Waals surface area contributed by atoms with Gasteiger partial charge in [0.2, 0.25) is 5.91 Å². The number of hydrogen-bond acceptors (Lipinski definition) is 2. The molecule has 18 heavy (non-hydrogen) atoms. The average molecular weight is 244 g/mol. The van der Waals surface area contributed by atoms with E-state index < -0.39 is 0 Å². The van der Waals surface area contributed by atoms with Crippen LogP contribution in [0.1, 0.15) is 37.3 Å². The van der Waals surface area contributed by atoms with Crippen molar-refractivity contribution in [3.63, 3.8) is 0 Å². The molecule has 1 aromatic rings. The van der Waals surface area contributed by atoms with E-state index in [0.29, 0.717) is 5.91 Å². The SMILES string of the molecule is CCC1(C(=O)N2Cc3ccccc3C2)CCCN1. The number of hydrogen-bond donors (Lipinski definition) is 1. The van der Waals surface area contributed by atoms with E-state index in [9.17, 15) is 4.79 Å². The third-order valence-electron chi connectivity index (χ3n) is 4.38. The summed E-state index contributed by atoms with van der Waals surface area (Å²) in [6, 6.07) is 8.36. The van der Waals surface area contributed by atoms with Gasteiger partial charge >= 0.3 is 0 Å². The predicted molar refractivity (Wildman–Crippen MR) is 71.0 cm³/mol. The van der Waals surface area contributed by atoms with Crippen LogP contribution in [0.25, 0.3) is 0 Å². The van der Waals surface area contributed by atoms with Crippen molar-refractivity contribution in [1.82, 2.24) is 10.2 Å². The first kappa shape index (κ1) is 11.7. The molecule has 3 nitrogen and oxygen atoms in total. The number of amides is 1. The summed E-state index contributed by atoms with van der Waals surface area (Å²) < 4.78 is 0. The molecule has 2 heterocycles. The zero-order valence-corrected chi connectivity index (χ0v) is 10.9. The quantitative estimate of drug-likeness (QED) is 0.863. The molecule has 1 N–H and O–H groups in total. The number of carbonyl (C=O) groups excluding carboxylic acids is 1. The zero-order valence-electron chi connectivity index (χ0n) is 10.9. The van der Waals surface area contributed by atoms with E-state index in [4.69, 9.17) is 0 Å². The van der Waals surface area contributed by atoms with Crippen molar-refractivity contribution < 1.29 is 4.79 Å². The van der Waals surface area contributed by atoms with Crippen LogP contribution in [0.3, 0.4) is 0 Å². The van der Waals surface area contributed by atoms with Gasteiger partial charge in [-0.2, -0.15) is 0 Å². The summed E-state index contributed by atoms with van der Waals surface area (Å²) >= 11 is 0. The lowest BCUT2D eigenvalue weighted by atomic mass is 9.92. The highest BCUT2D eigenvalue weighted by molar-refractivity contribution is 5.87. The second-order valence-electron chi connectivity index (χ2n) is 5.40. The molecule has 1 fully saturated rings. The standard InChI is InChI=1S/C15H20N2O/c1-2-15(8-5-9-16-15)14(18)17-10-12-6-3-4-7-13(12)11-17/h3-4,6-7,16H,2,5,8-11H2,1H3. The van der Waals surface area contributed by atoms with Crippen molar-refractivity contribution in [3.05, 3.63) is 35.4 Å². The van der Waals surface area contributed by atoms with Gasteiger partial charge in [-0.05, 0) is 36.9 Å². The van der Waals surface area contributed by atoms with Crippen molar-refractivity contribution in [2.75, 3.05) is 6.54 Å². The van der Waals surface area contributed by atoms with Crippen molar-refractivity contribution in [1.29, 1.82) is 0 Å². The van der Waals surface area contributed by atoms with Gasteiger partial charge in [0.15, 0.2) is 0 Å². The monoisotopic (exact) mass is 244 g/mol. The molecule has 0 bridgehead atoms. The van der Waals surface area contributed by atoms with Gasteiger partial charge in [-0.15, -0.1) is 0 Å². The number of nitrogens with zero attached hydrogens (tertiary/aromatic N) is 1. The topological polar surface area (TPSA) is 32.3 Å². The van der Waals surface area contributed by atoms with Crippen LogP contribution >= 0.6 is 0 Å². The van der Waals surface area contributed by atoms with E-state index in [1.807, 2.05) is 4.90 Å². The smallest absolute Gasteiger partial charge is 0.243 e. The Labute approximate surface area is 108 Å². The summed E-state index contributed by atoms with van der Waals surface area (Å²) in [5, 5.41) is 3.43. The Morgan fingerprint density at radius 1 is 1.33 bits per heavy atom. The summed E-state index contributed by atoms with van der Waals surface area (Å²) in [4.78, 5) is 14.7. The fourth-order valence-electron chi connectivity index (χ4n) is 3.22. The van der Waals surface area contributed by atoms with Crippen molar-refractivity contribution in [2.24, 2.45) is 0 Å². The Hall–Kier alpha value is -1.35. The van der Waals surface area contributed by atoms with E-state index >= 15 is 0 Å². The molecule has 2 aliphatic heterocycles. The van der Waals surface area contributed by atoms with Gasteiger partial charge in [-0.1, -0.05) is 31.2 Å². The van der Waals surface area contributed by atoms with E-state index in [1.54, 1.807) is 0 Å². The molecule has 0 radical (unpaired) electrons. The second-order valence-corrected chi connectivity index (χ2v) is 5.40. The van der Waals surface area contributed by atoms with Crippen LogP contribution in [0, 0.1) is 0 Å².